The largest absolute Gasteiger partial charge is 0.497 e. The van der Waals surface area contributed by atoms with Gasteiger partial charge in [-0.2, -0.15) is 0 Å². The Morgan fingerprint density at radius 3 is 2.75 bits per heavy atom. The van der Waals surface area contributed by atoms with E-state index in [9.17, 15) is 0 Å². The molecule has 0 aromatic carbocycles. The molecule has 0 radical (unpaired) electrons. The average Bonchev–Trinajstić information content (AvgIpc) is 2.27. The molecule has 1 aromatic heterocycles. The maximum absolute atomic E-state index is 5.24. The van der Waals surface area contributed by atoms with Gasteiger partial charge in [0.1, 0.15) is 5.75 Å². The molecule has 0 saturated heterocycles. The van der Waals surface area contributed by atoms with Gasteiger partial charge in [0.15, 0.2) is 0 Å². The molecule has 0 amide bonds. The molecule has 0 unspecified atom stereocenters. The third-order valence-corrected chi connectivity index (χ3v) is 2.80. The van der Waals surface area contributed by atoms with Crippen LogP contribution < -0.4 is 4.74 Å². The van der Waals surface area contributed by atoms with Crippen LogP contribution in [0.25, 0.3) is 0 Å². The summed E-state index contributed by atoms with van der Waals surface area (Å²) in [5, 5.41) is 0.990. The lowest BCUT2D eigenvalue weighted by molar-refractivity contribution is 0.294. The van der Waals surface area contributed by atoms with Crippen LogP contribution in [-0.2, 0) is 6.54 Å². The molecule has 0 N–H and O–H groups in total. The van der Waals surface area contributed by atoms with Gasteiger partial charge in [0.2, 0.25) is 0 Å². The van der Waals surface area contributed by atoms with Gasteiger partial charge < -0.3 is 4.74 Å². The number of halogens is 1. The second kappa shape index (κ2) is 6.86. The van der Waals surface area contributed by atoms with E-state index in [0.717, 1.165) is 42.1 Å². The van der Waals surface area contributed by atoms with Crippen molar-refractivity contribution in [1.82, 2.24) is 9.88 Å². The van der Waals surface area contributed by atoms with E-state index in [1.807, 2.05) is 19.1 Å². The van der Waals surface area contributed by atoms with Crippen molar-refractivity contribution < 1.29 is 4.74 Å². The minimum absolute atomic E-state index is 0.875. The molecule has 1 rings (SSSR count). The van der Waals surface area contributed by atoms with Crippen molar-refractivity contribution in [1.29, 1.82) is 0 Å². The molecule has 16 heavy (non-hydrogen) atoms. The van der Waals surface area contributed by atoms with E-state index in [1.54, 1.807) is 7.11 Å². The van der Waals surface area contributed by atoms with E-state index in [0.29, 0.717) is 0 Å². The van der Waals surface area contributed by atoms with Crippen LogP contribution in [0.5, 0.6) is 5.75 Å². The van der Waals surface area contributed by atoms with Crippen LogP contribution in [0.3, 0.4) is 0 Å². The zero-order valence-corrected chi connectivity index (χ0v) is 11.7. The van der Waals surface area contributed by atoms with Gasteiger partial charge >= 0.3 is 0 Å². The van der Waals surface area contributed by atoms with E-state index >= 15 is 0 Å². The fourth-order valence-corrected chi connectivity index (χ4v) is 2.10. The number of pyridine rings is 1. The van der Waals surface area contributed by atoms with E-state index in [1.165, 1.54) is 0 Å². The van der Waals surface area contributed by atoms with E-state index in [2.05, 4.69) is 32.7 Å². The fraction of sp³-hybridized carbons (Fsp3) is 0.583. The Labute approximate surface area is 106 Å². The van der Waals surface area contributed by atoms with E-state index in [-0.39, 0.29) is 0 Å². The maximum atomic E-state index is 5.24. The van der Waals surface area contributed by atoms with Gasteiger partial charge in [0.05, 0.1) is 12.8 Å². The zero-order valence-electron chi connectivity index (χ0n) is 10.2. The highest BCUT2D eigenvalue weighted by atomic mass is 79.9. The molecule has 4 heteroatoms. The number of rotatable bonds is 6. The molecular weight excluding hydrogens is 268 g/mol. The first-order chi connectivity index (χ1) is 7.69. The molecule has 90 valence electrons. The molecule has 0 bridgehead atoms. The van der Waals surface area contributed by atoms with Gasteiger partial charge in [-0.1, -0.05) is 22.9 Å². The molecule has 0 spiro atoms. The minimum atomic E-state index is 0.875. The minimum Gasteiger partial charge on any atom is -0.497 e. The number of alkyl halides is 1. The Balaban J connectivity index is 2.74. The van der Waals surface area contributed by atoms with Gasteiger partial charge in [-0.05, 0) is 13.5 Å². The summed E-state index contributed by atoms with van der Waals surface area (Å²) >= 11 is 3.46. The monoisotopic (exact) mass is 286 g/mol. The standard InChI is InChI=1S/C12H19BrN2O/c1-4-15(6-5-13)9-11-8-12(16-3)7-10(2)14-11/h7-8H,4-6,9H2,1-3H3. The quantitative estimate of drug-likeness (QED) is 0.752. The average molecular weight is 287 g/mol. The summed E-state index contributed by atoms with van der Waals surface area (Å²) in [5.41, 5.74) is 2.07. The highest BCUT2D eigenvalue weighted by Gasteiger charge is 2.06. The number of aromatic nitrogens is 1. The number of nitrogens with zero attached hydrogens (tertiary/aromatic N) is 2. The predicted octanol–water partition coefficient (Wildman–Crippen LogP) is 2.62. The summed E-state index contributed by atoms with van der Waals surface area (Å²) in [4.78, 5) is 6.86. The van der Waals surface area contributed by atoms with Crippen molar-refractivity contribution in [3.8, 4) is 5.75 Å². The molecule has 0 fully saturated rings. The molecule has 1 aromatic rings. The summed E-state index contributed by atoms with van der Waals surface area (Å²) in [6, 6.07) is 3.95. The Morgan fingerprint density at radius 2 is 2.19 bits per heavy atom. The third kappa shape index (κ3) is 4.10. The number of hydrogen-bond donors (Lipinski definition) is 0. The topological polar surface area (TPSA) is 25.4 Å². The number of ether oxygens (including phenoxy) is 1. The van der Waals surface area contributed by atoms with Crippen molar-refractivity contribution in [2.45, 2.75) is 20.4 Å². The van der Waals surface area contributed by atoms with Crippen molar-refractivity contribution in [2.75, 3.05) is 25.5 Å². The van der Waals surface area contributed by atoms with Gasteiger partial charge in [-0.3, -0.25) is 9.88 Å². The van der Waals surface area contributed by atoms with Crippen molar-refractivity contribution in [2.24, 2.45) is 0 Å². The molecular formula is C12H19BrN2O. The molecule has 3 nitrogen and oxygen atoms in total. The highest BCUT2D eigenvalue weighted by molar-refractivity contribution is 9.09. The van der Waals surface area contributed by atoms with Gasteiger partial charge in [-0.15, -0.1) is 0 Å². The van der Waals surface area contributed by atoms with Crippen molar-refractivity contribution >= 4 is 15.9 Å². The van der Waals surface area contributed by atoms with Crippen molar-refractivity contribution in [3.05, 3.63) is 23.5 Å². The molecule has 1 heterocycles. The van der Waals surface area contributed by atoms with Gasteiger partial charge in [0.25, 0.3) is 0 Å². The molecule has 0 aliphatic carbocycles. The van der Waals surface area contributed by atoms with Crippen LogP contribution in [0.4, 0.5) is 0 Å². The summed E-state index contributed by atoms with van der Waals surface area (Å²) in [6.45, 7) is 7.10. The Bertz CT molecular complexity index is 331. The Kier molecular flexibility index (Phi) is 5.77. The van der Waals surface area contributed by atoms with E-state index < -0.39 is 0 Å². The van der Waals surface area contributed by atoms with Crippen LogP contribution in [0, 0.1) is 6.92 Å². The van der Waals surface area contributed by atoms with Gasteiger partial charge in [-0.25, -0.2) is 0 Å². The zero-order chi connectivity index (χ0) is 12.0. The molecule has 0 aliphatic rings. The second-order valence-electron chi connectivity index (χ2n) is 3.70. The number of hydrogen-bond acceptors (Lipinski definition) is 3. The lowest BCUT2D eigenvalue weighted by Crippen LogP contribution is -2.25. The van der Waals surface area contributed by atoms with Crippen LogP contribution in [0.1, 0.15) is 18.3 Å². The summed E-state index contributed by atoms with van der Waals surface area (Å²) in [7, 11) is 1.69. The highest BCUT2D eigenvalue weighted by Crippen LogP contribution is 2.14. The first kappa shape index (κ1) is 13.5. The van der Waals surface area contributed by atoms with Crippen LogP contribution in [0.2, 0.25) is 0 Å². The first-order valence-corrected chi connectivity index (χ1v) is 6.61. The Hall–Kier alpha value is -0.610. The Morgan fingerprint density at radius 1 is 1.44 bits per heavy atom. The molecule has 0 atom stereocenters. The second-order valence-corrected chi connectivity index (χ2v) is 4.49. The predicted molar refractivity (Wildman–Crippen MR) is 70.3 cm³/mol. The van der Waals surface area contributed by atoms with Crippen LogP contribution >= 0.6 is 15.9 Å². The summed E-state index contributed by atoms with van der Waals surface area (Å²) in [5.74, 6) is 0.886. The molecule has 0 saturated carbocycles. The third-order valence-electron chi connectivity index (χ3n) is 2.45. The van der Waals surface area contributed by atoms with Crippen LogP contribution in [0.15, 0.2) is 12.1 Å². The smallest absolute Gasteiger partial charge is 0.122 e. The van der Waals surface area contributed by atoms with Crippen LogP contribution in [-0.4, -0.2) is 35.4 Å². The molecule has 0 aliphatic heterocycles. The fourth-order valence-electron chi connectivity index (χ4n) is 1.60. The van der Waals surface area contributed by atoms with E-state index in [4.69, 9.17) is 4.74 Å². The maximum Gasteiger partial charge on any atom is 0.122 e. The van der Waals surface area contributed by atoms with Gasteiger partial charge in [0, 0.05) is 36.2 Å². The number of methoxy groups -OCH3 is 1. The van der Waals surface area contributed by atoms with Crippen molar-refractivity contribution in [3.63, 3.8) is 0 Å². The normalized spacial score (nSPS) is 10.8. The first-order valence-electron chi connectivity index (χ1n) is 5.49. The lowest BCUT2D eigenvalue weighted by atomic mass is 10.2. The number of aryl methyl sites for hydroxylation is 1. The summed E-state index contributed by atoms with van der Waals surface area (Å²) < 4.78 is 5.24. The SMILES string of the molecule is CCN(CCBr)Cc1cc(OC)cc(C)n1. The summed E-state index contributed by atoms with van der Waals surface area (Å²) in [6.07, 6.45) is 0. The lowest BCUT2D eigenvalue weighted by Gasteiger charge is -2.19.